The Bertz CT molecular complexity index is 355. The average molecular weight is 292 g/mol. The summed E-state index contributed by atoms with van der Waals surface area (Å²) >= 11 is 0. The molecule has 4 rings (SSSR count). The summed E-state index contributed by atoms with van der Waals surface area (Å²) in [6.07, 6.45) is 9.22. The lowest BCUT2D eigenvalue weighted by Crippen LogP contribution is -2.51. The van der Waals surface area contributed by atoms with Gasteiger partial charge in [-0.25, -0.2) is 0 Å². The molecule has 0 aromatic rings. The van der Waals surface area contributed by atoms with Crippen molar-refractivity contribution >= 4 is 0 Å². The van der Waals surface area contributed by atoms with Crippen LogP contribution in [0.5, 0.6) is 0 Å². The van der Waals surface area contributed by atoms with Crippen LogP contribution >= 0.6 is 0 Å². The molecule has 21 heavy (non-hydrogen) atoms. The smallest absolute Gasteiger partial charge is 0.0604 e. The number of rotatable bonds is 2. The molecule has 3 saturated heterocycles. The molecule has 0 bridgehead atoms. The van der Waals surface area contributed by atoms with Crippen molar-refractivity contribution < 1.29 is 4.74 Å². The SMILES string of the molecule is CC1CCCCC1C1CNC2NCC(C3CCOC3)C2C1. The second kappa shape index (κ2) is 6.17. The molecule has 2 N–H and O–H groups in total. The van der Waals surface area contributed by atoms with Gasteiger partial charge in [-0.05, 0) is 61.3 Å². The molecular formula is C18H32N2O. The van der Waals surface area contributed by atoms with Crippen molar-refractivity contribution in [3.63, 3.8) is 0 Å². The van der Waals surface area contributed by atoms with Gasteiger partial charge < -0.3 is 15.4 Å². The summed E-state index contributed by atoms with van der Waals surface area (Å²) in [7, 11) is 0. The van der Waals surface area contributed by atoms with Gasteiger partial charge in [-0.3, -0.25) is 0 Å². The van der Waals surface area contributed by atoms with Crippen LogP contribution in [0, 0.1) is 35.5 Å². The van der Waals surface area contributed by atoms with Gasteiger partial charge in [-0.15, -0.1) is 0 Å². The lowest BCUT2D eigenvalue weighted by molar-refractivity contribution is 0.0836. The van der Waals surface area contributed by atoms with E-state index in [1.54, 1.807) is 0 Å². The summed E-state index contributed by atoms with van der Waals surface area (Å²) in [5, 5.41) is 7.60. The summed E-state index contributed by atoms with van der Waals surface area (Å²) in [5.74, 6) is 5.37. The monoisotopic (exact) mass is 292 g/mol. The minimum absolute atomic E-state index is 0.589. The van der Waals surface area contributed by atoms with E-state index in [-0.39, 0.29) is 0 Å². The van der Waals surface area contributed by atoms with Gasteiger partial charge in [0, 0.05) is 19.8 Å². The number of hydrogen-bond donors (Lipinski definition) is 2. The molecule has 0 aromatic carbocycles. The highest BCUT2D eigenvalue weighted by molar-refractivity contribution is 4.98. The van der Waals surface area contributed by atoms with Crippen molar-refractivity contribution in [3.8, 4) is 0 Å². The van der Waals surface area contributed by atoms with E-state index in [1.807, 2.05) is 0 Å². The normalized spacial score (nSPS) is 51.0. The third-order valence-corrected chi connectivity index (χ3v) is 7.08. The third-order valence-electron chi connectivity index (χ3n) is 7.08. The molecule has 0 amide bonds. The van der Waals surface area contributed by atoms with Crippen LogP contribution in [0.4, 0.5) is 0 Å². The maximum Gasteiger partial charge on any atom is 0.0604 e. The first-order chi connectivity index (χ1) is 10.3. The summed E-state index contributed by atoms with van der Waals surface area (Å²) in [6, 6.07) is 0. The highest BCUT2D eigenvalue weighted by Crippen LogP contribution is 2.44. The summed E-state index contributed by atoms with van der Waals surface area (Å²) < 4.78 is 5.66. The first-order valence-electron chi connectivity index (χ1n) is 9.37. The third kappa shape index (κ3) is 2.77. The van der Waals surface area contributed by atoms with E-state index in [9.17, 15) is 0 Å². The molecule has 3 aliphatic heterocycles. The molecule has 3 heteroatoms. The zero-order chi connectivity index (χ0) is 14.2. The van der Waals surface area contributed by atoms with E-state index in [4.69, 9.17) is 4.74 Å². The Morgan fingerprint density at radius 3 is 2.52 bits per heavy atom. The lowest BCUT2D eigenvalue weighted by atomic mass is 9.67. The molecule has 120 valence electrons. The predicted octanol–water partition coefficient (Wildman–Crippen LogP) is 2.62. The fourth-order valence-electron chi connectivity index (χ4n) is 5.84. The molecule has 0 aromatic heterocycles. The molecule has 0 spiro atoms. The summed E-state index contributed by atoms with van der Waals surface area (Å²) in [6.45, 7) is 6.97. The van der Waals surface area contributed by atoms with Gasteiger partial charge in [-0.2, -0.15) is 0 Å². The molecular weight excluding hydrogens is 260 g/mol. The van der Waals surface area contributed by atoms with Crippen LogP contribution < -0.4 is 10.6 Å². The highest BCUT2D eigenvalue weighted by Gasteiger charge is 2.45. The Labute approximate surface area is 129 Å². The molecule has 3 heterocycles. The molecule has 4 fully saturated rings. The van der Waals surface area contributed by atoms with Gasteiger partial charge in [0.15, 0.2) is 0 Å². The van der Waals surface area contributed by atoms with Gasteiger partial charge in [0.25, 0.3) is 0 Å². The number of piperidine rings is 1. The van der Waals surface area contributed by atoms with Crippen LogP contribution in [0.3, 0.4) is 0 Å². The Morgan fingerprint density at radius 2 is 1.71 bits per heavy atom. The van der Waals surface area contributed by atoms with Crippen molar-refractivity contribution in [3.05, 3.63) is 0 Å². The lowest BCUT2D eigenvalue weighted by Gasteiger charge is -2.43. The fourth-order valence-corrected chi connectivity index (χ4v) is 5.84. The van der Waals surface area contributed by atoms with Crippen LogP contribution in [0.25, 0.3) is 0 Å². The van der Waals surface area contributed by atoms with Crippen LogP contribution in [0.1, 0.15) is 45.4 Å². The second-order valence-corrected chi connectivity index (χ2v) is 8.17. The number of hydrogen-bond acceptors (Lipinski definition) is 3. The van der Waals surface area contributed by atoms with Crippen LogP contribution in [-0.2, 0) is 4.74 Å². The molecule has 1 aliphatic carbocycles. The van der Waals surface area contributed by atoms with Crippen LogP contribution in [0.15, 0.2) is 0 Å². The minimum Gasteiger partial charge on any atom is -0.381 e. The van der Waals surface area contributed by atoms with Crippen molar-refractivity contribution in [2.45, 2.75) is 51.6 Å². The first-order valence-corrected chi connectivity index (χ1v) is 9.37. The largest absolute Gasteiger partial charge is 0.381 e. The predicted molar refractivity (Wildman–Crippen MR) is 84.9 cm³/mol. The second-order valence-electron chi connectivity index (χ2n) is 8.17. The average Bonchev–Trinajstić information content (AvgIpc) is 3.16. The van der Waals surface area contributed by atoms with E-state index in [0.717, 1.165) is 48.7 Å². The zero-order valence-electron chi connectivity index (χ0n) is 13.5. The summed E-state index contributed by atoms with van der Waals surface area (Å²) in [4.78, 5) is 0. The number of nitrogens with one attached hydrogen (secondary N) is 2. The van der Waals surface area contributed by atoms with Gasteiger partial charge in [0.2, 0.25) is 0 Å². The Hall–Kier alpha value is -0.120. The number of ether oxygens (including phenoxy) is 1. The molecule has 0 radical (unpaired) electrons. The number of fused-ring (bicyclic) bond motifs is 1. The Balaban J connectivity index is 1.43. The fraction of sp³-hybridized carbons (Fsp3) is 1.00. The van der Waals surface area contributed by atoms with Gasteiger partial charge in [0.05, 0.1) is 6.17 Å². The molecule has 4 aliphatic rings. The van der Waals surface area contributed by atoms with Crippen LogP contribution in [-0.4, -0.2) is 32.5 Å². The van der Waals surface area contributed by atoms with Gasteiger partial charge >= 0.3 is 0 Å². The van der Waals surface area contributed by atoms with Crippen molar-refractivity contribution in [1.29, 1.82) is 0 Å². The molecule has 7 unspecified atom stereocenters. The standard InChI is InChI=1S/C18H32N2O/c1-12-4-2-3-5-15(12)14-8-16-17(13-6-7-21-11-13)10-20-18(16)19-9-14/h12-20H,2-11H2,1H3. The van der Waals surface area contributed by atoms with Crippen molar-refractivity contribution in [1.82, 2.24) is 10.6 Å². The van der Waals surface area contributed by atoms with Gasteiger partial charge in [-0.1, -0.05) is 26.2 Å². The van der Waals surface area contributed by atoms with E-state index in [1.165, 1.54) is 51.6 Å². The minimum atomic E-state index is 0.589. The van der Waals surface area contributed by atoms with Crippen molar-refractivity contribution in [2.24, 2.45) is 35.5 Å². The van der Waals surface area contributed by atoms with E-state index in [0.29, 0.717) is 6.17 Å². The topological polar surface area (TPSA) is 33.3 Å². The van der Waals surface area contributed by atoms with Crippen LogP contribution in [0.2, 0.25) is 0 Å². The van der Waals surface area contributed by atoms with Crippen molar-refractivity contribution in [2.75, 3.05) is 26.3 Å². The van der Waals surface area contributed by atoms with Gasteiger partial charge in [0.1, 0.15) is 0 Å². The molecule has 1 saturated carbocycles. The quantitative estimate of drug-likeness (QED) is 0.821. The van der Waals surface area contributed by atoms with E-state index in [2.05, 4.69) is 17.6 Å². The Morgan fingerprint density at radius 1 is 0.857 bits per heavy atom. The van der Waals surface area contributed by atoms with E-state index < -0.39 is 0 Å². The first kappa shape index (κ1) is 14.5. The van der Waals surface area contributed by atoms with E-state index >= 15 is 0 Å². The highest BCUT2D eigenvalue weighted by atomic mass is 16.5. The maximum absolute atomic E-state index is 5.66. The molecule has 7 atom stereocenters. The summed E-state index contributed by atoms with van der Waals surface area (Å²) in [5.41, 5.74) is 0. The Kier molecular flexibility index (Phi) is 4.25. The maximum atomic E-state index is 5.66. The zero-order valence-corrected chi connectivity index (χ0v) is 13.5. The molecule has 3 nitrogen and oxygen atoms in total.